The van der Waals surface area contributed by atoms with Gasteiger partial charge < -0.3 is 14.5 Å². The van der Waals surface area contributed by atoms with Crippen molar-refractivity contribution in [1.29, 1.82) is 0 Å². The van der Waals surface area contributed by atoms with E-state index in [9.17, 15) is 18.4 Å². The number of carbonyl (C=O) groups excluding carboxylic acids is 1. The number of imidazole rings is 1. The highest BCUT2D eigenvalue weighted by molar-refractivity contribution is 5.89. The van der Waals surface area contributed by atoms with E-state index in [0.717, 1.165) is 11.0 Å². The van der Waals surface area contributed by atoms with E-state index in [4.69, 9.17) is 4.74 Å². The van der Waals surface area contributed by atoms with Crippen LogP contribution in [0.4, 0.5) is 8.78 Å². The molecule has 0 amide bonds. The molecule has 0 spiro atoms. The van der Waals surface area contributed by atoms with Crippen LogP contribution >= 0.6 is 0 Å². The van der Waals surface area contributed by atoms with Crippen molar-refractivity contribution in [2.24, 2.45) is 0 Å². The minimum atomic E-state index is -2.92. The number of ether oxygens (including phenoxy) is 2. The number of H-pyrrole nitrogens is 1. The highest BCUT2D eigenvalue weighted by Gasteiger charge is 2.10. The molecule has 0 aliphatic heterocycles. The van der Waals surface area contributed by atoms with Gasteiger partial charge >= 0.3 is 18.3 Å². The van der Waals surface area contributed by atoms with Crippen molar-refractivity contribution in [2.45, 2.75) is 19.6 Å². The molecule has 0 saturated heterocycles. The first-order valence-electron chi connectivity index (χ1n) is 7.94. The molecule has 136 valence electrons. The molecule has 26 heavy (non-hydrogen) atoms. The molecule has 0 unspecified atom stereocenters. The van der Waals surface area contributed by atoms with Crippen LogP contribution in [0.15, 0.2) is 53.3 Å². The van der Waals surface area contributed by atoms with E-state index in [2.05, 4.69) is 9.72 Å². The van der Waals surface area contributed by atoms with Crippen LogP contribution in [0.2, 0.25) is 0 Å². The summed E-state index contributed by atoms with van der Waals surface area (Å²) < 4.78 is 35.1. The molecule has 1 heterocycles. The van der Waals surface area contributed by atoms with Gasteiger partial charge in [0.2, 0.25) is 0 Å². The number of halogens is 2. The standard InChI is InChI=1S/C18H16F2N2O4/c19-17(20)26-13-8-6-12(7-9-13)16(23)25-11-3-10-22-15-5-2-1-4-14(15)21-18(22)24/h1-2,4-9,17H,3,10-11H2,(H,21,24). The van der Waals surface area contributed by atoms with E-state index in [0.29, 0.717) is 13.0 Å². The number of carbonyl (C=O) groups is 1. The molecule has 0 bridgehead atoms. The van der Waals surface area contributed by atoms with Crippen molar-refractivity contribution in [3.05, 3.63) is 64.6 Å². The molecule has 0 fully saturated rings. The monoisotopic (exact) mass is 362 g/mol. The van der Waals surface area contributed by atoms with Crippen LogP contribution in [-0.2, 0) is 11.3 Å². The maximum Gasteiger partial charge on any atom is 0.387 e. The van der Waals surface area contributed by atoms with Crippen LogP contribution in [0.1, 0.15) is 16.8 Å². The van der Waals surface area contributed by atoms with Crippen molar-refractivity contribution >= 4 is 17.0 Å². The van der Waals surface area contributed by atoms with Crippen LogP contribution < -0.4 is 10.4 Å². The zero-order valence-electron chi connectivity index (χ0n) is 13.7. The number of fused-ring (bicyclic) bond motifs is 1. The fourth-order valence-corrected chi connectivity index (χ4v) is 2.57. The molecule has 0 radical (unpaired) electrons. The molecule has 1 N–H and O–H groups in total. The summed E-state index contributed by atoms with van der Waals surface area (Å²) in [6.07, 6.45) is 0.458. The lowest BCUT2D eigenvalue weighted by atomic mass is 10.2. The Kier molecular flexibility index (Phi) is 5.31. The minimum Gasteiger partial charge on any atom is -0.462 e. The van der Waals surface area contributed by atoms with Crippen molar-refractivity contribution in [2.75, 3.05) is 6.61 Å². The maximum atomic E-state index is 12.1. The summed E-state index contributed by atoms with van der Waals surface area (Å²) in [5.74, 6) is -0.602. The Hall–Kier alpha value is -3.16. The first-order chi connectivity index (χ1) is 12.5. The second kappa shape index (κ2) is 7.81. The SMILES string of the molecule is O=C(OCCCn1c(=O)[nH]c2ccccc21)c1ccc(OC(F)F)cc1. The number of hydrogen-bond acceptors (Lipinski definition) is 4. The fraction of sp³-hybridized carbons (Fsp3) is 0.222. The Morgan fingerprint density at radius 3 is 2.58 bits per heavy atom. The highest BCUT2D eigenvalue weighted by Crippen LogP contribution is 2.15. The summed E-state index contributed by atoms with van der Waals surface area (Å²) in [5.41, 5.74) is 1.56. The van der Waals surface area contributed by atoms with Gasteiger partial charge in [-0.3, -0.25) is 4.57 Å². The second-order valence-corrected chi connectivity index (χ2v) is 5.49. The van der Waals surface area contributed by atoms with E-state index in [1.54, 1.807) is 4.57 Å². The largest absolute Gasteiger partial charge is 0.462 e. The Bertz CT molecular complexity index is 948. The molecule has 3 rings (SSSR count). The molecule has 0 saturated carbocycles. The molecule has 0 aliphatic rings. The van der Waals surface area contributed by atoms with Gasteiger partial charge in [-0.25, -0.2) is 9.59 Å². The van der Waals surface area contributed by atoms with Gasteiger partial charge in [-0.1, -0.05) is 12.1 Å². The quantitative estimate of drug-likeness (QED) is 0.518. The Morgan fingerprint density at radius 1 is 1.12 bits per heavy atom. The number of benzene rings is 2. The zero-order chi connectivity index (χ0) is 18.5. The van der Waals surface area contributed by atoms with Crippen LogP contribution in [0.5, 0.6) is 5.75 Å². The highest BCUT2D eigenvalue weighted by atomic mass is 19.3. The lowest BCUT2D eigenvalue weighted by Crippen LogP contribution is -2.18. The third-order valence-electron chi connectivity index (χ3n) is 3.76. The molecule has 0 atom stereocenters. The number of aromatic nitrogens is 2. The van der Waals surface area contributed by atoms with Crippen molar-refractivity contribution in [1.82, 2.24) is 9.55 Å². The van der Waals surface area contributed by atoms with E-state index in [1.165, 1.54) is 24.3 Å². The number of hydrogen-bond donors (Lipinski definition) is 1. The van der Waals surface area contributed by atoms with Gasteiger partial charge in [0.1, 0.15) is 5.75 Å². The van der Waals surface area contributed by atoms with Gasteiger partial charge in [0.25, 0.3) is 0 Å². The number of aromatic amines is 1. The average Bonchev–Trinajstić information content (AvgIpc) is 2.94. The van der Waals surface area contributed by atoms with Gasteiger partial charge in [0.15, 0.2) is 0 Å². The molecule has 8 heteroatoms. The summed E-state index contributed by atoms with van der Waals surface area (Å²) >= 11 is 0. The lowest BCUT2D eigenvalue weighted by molar-refractivity contribution is -0.0498. The lowest BCUT2D eigenvalue weighted by Gasteiger charge is -2.07. The Morgan fingerprint density at radius 2 is 1.85 bits per heavy atom. The van der Waals surface area contributed by atoms with Gasteiger partial charge in [0, 0.05) is 6.54 Å². The molecule has 3 aromatic rings. The Balaban J connectivity index is 1.52. The number of para-hydroxylation sites is 2. The number of esters is 1. The Labute approximate surface area is 147 Å². The first-order valence-corrected chi connectivity index (χ1v) is 7.94. The van der Waals surface area contributed by atoms with E-state index >= 15 is 0 Å². The van der Waals surface area contributed by atoms with E-state index < -0.39 is 12.6 Å². The van der Waals surface area contributed by atoms with Gasteiger partial charge in [-0.15, -0.1) is 0 Å². The van der Waals surface area contributed by atoms with Crippen LogP contribution in [0.25, 0.3) is 11.0 Å². The topological polar surface area (TPSA) is 73.3 Å². The fourth-order valence-electron chi connectivity index (χ4n) is 2.57. The molecule has 6 nitrogen and oxygen atoms in total. The smallest absolute Gasteiger partial charge is 0.387 e. The van der Waals surface area contributed by atoms with Crippen LogP contribution in [0.3, 0.4) is 0 Å². The molecule has 0 aliphatic carbocycles. The van der Waals surface area contributed by atoms with E-state index in [1.807, 2.05) is 24.3 Å². The summed E-state index contributed by atoms with van der Waals surface area (Å²) in [7, 11) is 0. The number of nitrogens with zero attached hydrogens (tertiary/aromatic N) is 1. The molecular weight excluding hydrogens is 346 g/mol. The summed E-state index contributed by atoms with van der Waals surface area (Å²) in [6, 6.07) is 12.6. The summed E-state index contributed by atoms with van der Waals surface area (Å²) in [5, 5.41) is 0. The second-order valence-electron chi connectivity index (χ2n) is 5.49. The number of aryl methyl sites for hydroxylation is 1. The number of nitrogens with one attached hydrogen (secondary N) is 1. The number of rotatable bonds is 7. The summed E-state index contributed by atoms with van der Waals surface area (Å²) in [4.78, 5) is 26.6. The summed E-state index contributed by atoms with van der Waals surface area (Å²) in [6.45, 7) is -2.39. The van der Waals surface area contributed by atoms with Crippen LogP contribution in [-0.4, -0.2) is 28.7 Å². The molecule has 2 aromatic carbocycles. The van der Waals surface area contributed by atoms with Gasteiger partial charge in [-0.05, 0) is 42.8 Å². The zero-order valence-corrected chi connectivity index (χ0v) is 13.7. The predicted octanol–water partition coefficient (Wildman–Crippen LogP) is 3.18. The third kappa shape index (κ3) is 4.08. The van der Waals surface area contributed by atoms with Crippen LogP contribution in [0, 0.1) is 0 Å². The normalized spacial score (nSPS) is 11.0. The third-order valence-corrected chi connectivity index (χ3v) is 3.76. The predicted molar refractivity (Wildman–Crippen MR) is 90.5 cm³/mol. The van der Waals surface area contributed by atoms with Crippen molar-refractivity contribution < 1.29 is 23.0 Å². The first kappa shape index (κ1) is 17.7. The average molecular weight is 362 g/mol. The molecular formula is C18H16F2N2O4. The van der Waals surface area contributed by atoms with Crippen molar-refractivity contribution in [3.63, 3.8) is 0 Å². The minimum absolute atomic E-state index is 0.0322. The van der Waals surface area contributed by atoms with E-state index in [-0.39, 0.29) is 23.6 Å². The van der Waals surface area contributed by atoms with Gasteiger partial charge in [0.05, 0.1) is 23.2 Å². The van der Waals surface area contributed by atoms with Crippen molar-refractivity contribution in [3.8, 4) is 5.75 Å². The number of alkyl halides is 2. The van der Waals surface area contributed by atoms with Gasteiger partial charge in [-0.2, -0.15) is 8.78 Å². The maximum absolute atomic E-state index is 12.1. The molecule has 1 aromatic heterocycles.